The zero-order chi connectivity index (χ0) is 14.7. The fourth-order valence-corrected chi connectivity index (χ4v) is 2.66. The summed E-state index contributed by atoms with van der Waals surface area (Å²) in [6.07, 6.45) is 5.23. The van der Waals surface area contributed by atoms with Crippen molar-refractivity contribution in [3.8, 4) is 0 Å². The largest absolute Gasteiger partial charge is 0.387 e. The molecule has 0 amide bonds. The number of aliphatic hydroxyl groups is 1. The summed E-state index contributed by atoms with van der Waals surface area (Å²) in [6, 6.07) is 14.3. The Kier molecular flexibility index (Phi) is 4.02. The molecule has 0 aliphatic carbocycles. The normalized spacial score (nSPS) is 12.7. The van der Waals surface area contributed by atoms with Gasteiger partial charge in [0.15, 0.2) is 0 Å². The molecule has 3 heteroatoms. The van der Waals surface area contributed by atoms with E-state index < -0.39 is 6.10 Å². The lowest BCUT2D eigenvalue weighted by Crippen LogP contribution is -2.11. The number of imidazole rings is 1. The van der Waals surface area contributed by atoms with Crippen molar-refractivity contribution in [3.05, 3.63) is 66.2 Å². The highest BCUT2D eigenvalue weighted by Crippen LogP contribution is 2.22. The lowest BCUT2D eigenvalue weighted by atomic mass is 10.0. The Hall–Kier alpha value is -2.13. The van der Waals surface area contributed by atoms with Crippen molar-refractivity contribution in [1.29, 1.82) is 0 Å². The van der Waals surface area contributed by atoms with Crippen molar-refractivity contribution in [2.75, 3.05) is 0 Å². The van der Waals surface area contributed by atoms with E-state index in [2.05, 4.69) is 36.2 Å². The van der Waals surface area contributed by atoms with Gasteiger partial charge in [0, 0.05) is 18.8 Å². The van der Waals surface area contributed by atoms with Crippen molar-refractivity contribution in [1.82, 2.24) is 9.55 Å². The summed E-state index contributed by atoms with van der Waals surface area (Å²) >= 11 is 0. The van der Waals surface area contributed by atoms with Crippen LogP contribution >= 0.6 is 0 Å². The lowest BCUT2D eigenvalue weighted by molar-refractivity contribution is 0.155. The number of fused-ring (bicyclic) bond motifs is 1. The van der Waals surface area contributed by atoms with Crippen LogP contribution in [-0.2, 0) is 13.0 Å². The van der Waals surface area contributed by atoms with E-state index in [1.165, 1.54) is 5.39 Å². The van der Waals surface area contributed by atoms with E-state index in [0.717, 1.165) is 29.6 Å². The number of aryl methyl sites for hydroxylation is 1. The number of hydrogen-bond donors (Lipinski definition) is 1. The average molecular weight is 280 g/mol. The van der Waals surface area contributed by atoms with Crippen LogP contribution in [0.4, 0.5) is 0 Å². The molecule has 2 aromatic carbocycles. The van der Waals surface area contributed by atoms with Crippen LogP contribution in [0.15, 0.2) is 54.9 Å². The van der Waals surface area contributed by atoms with Crippen LogP contribution < -0.4 is 0 Å². The second kappa shape index (κ2) is 6.10. The first-order valence-electron chi connectivity index (χ1n) is 7.44. The molecular formula is C18H20N2O. The molecule has 0 fully saturated rings. The minimum absolute atomic E-state index is 0.514. The summed E-state index contributed by atoms with van der Waals surface area (Å²) in [5, 5.41) is 12.9. The second-order valence-corrected chi connectivity index (χ2v) is 5.37. The number of rotatable bonds is 5. The van der Waals surface area contributed by atoms with Crippen LogP contribution in [0.25, 0.3) is 10.8 Å². The molecule has 0 aliphatic rings. The molecule has 21 heavy (non-hydrogen) atoms. The molecule has 3 rings (SSSR count). The molecule has 108 valence electrons. The van der Waals surface area contributed by atoms with E-state index in [1.54, 1.807) is 6.20 Å². The zero-order valence-electron chi connectivity index (χ0n) is 12.2. The van der Waals surface area contributed by atoms with E-state index >= 15 is 0 Å². The van der Waals surface area contributed by atoms with Crippen LogP contribution in [0.2, 0.25) is 0 Å². The number of hydrogen-bond acceptors (Lipinski definition) is 2. The van der Waals surface area contributed by atoms with Gasteiger partial charge in [-0.25, -0.2) is 4.98 Å². The quantitative estimate of drug-likeness (QED) is 0.773. The summed E-state index contributed by atoms with van der Waals surface area (Å²) in [4.78, 5) is 4.35. The van der Waals surface area contributed by atoms with E-state index in [-0.39, 0.29) is 0 Å². The summed E-state index contributed by atoms with van der Waals surface area (Å²) in [6.45, 7) is 2.69. The number of aromatic nitrogens is 2. The fourth-order valence-electron chi connectivity index (χ4n) is 2.66. The molecule has 3 nitrogen and oxygen atoms in total. The third kappa shape index (κ3) is 2.98. The Morgan fingerprint density at radius 3 is 2.76 bits per heavy atom. The van der Waals surface area contributed by atoms with Gasteiger partial charge in [-0.3, -0.25) is 0 Å². The molecule has 0 bridgehead atoms. The van der Waals surface area contributed by atoms with Crippen LogP contribution in [0.3, 0.4) is 0 Å². The van der Waals surface area contributed by atoms with Crippen LogP contribution in [0.1, 0.15) is 30.8 Å². The molecule has 0 saturated carbocycles. The zero-order valence-corrected chi connectivity index (χ0v) is 12.2. The average Bonchev–Trinajstić information content (AvgIpc) is 2.94. The molecule has 1 unspecified atom stereocenters. The maximum Gasteiger partial charge on any atom is 0.108 e. The third-order valence-corrected chi connectivity index (χ3v) is 3.80. The van der Waals surface area contributed by atoms with Gasteiger partial charge in [-0.05, 0) is 28.8 Å². The van der Waals surface area contributed by atoms with Gasteiger partial charge < -0.3 is 9.67 Å². The molecule has 1 aromatic heterocycles. The highest BCUT2D eigenvalue weighted by Gasteiger charge is 2.11. The van der Waals surface area contributed by atoms with Gasteiger partial charge in [-0.15, -0.1) is 0 Å². The Labute approximate surface area is 124 Å². The Balaban J connectivity index is 1.83. The summed E-state index contributed by atoms with van der Waals surface area (Å²) in [5.41, 5.74) is 0.949. The fraction of sp³-hybridized carbons (Fsp3) is 0.278. The smallest absolute Gasteiger partial charge is 0.108 e. The minimum Gasteiger partial charge on any atom is -0.387 e. The van der Waals surface area contributed by atoms with Crippen LogP contribution in [0.5, 0.6) is 0 Å². The lowest BCUT2D eigenvalue weighted by Gasteiger charge is -2.14. The van der Waals surface area contributed by atoms with Crippen molar-refractivity contribution in [2.24, 2.45) is 0 Å². The number of nitrogens with zero attached hydrogens (tertiary/aromatic N) is 2. The van der Waals surface area contributed by atoms with Crippen LogP contribution in [-0.4, -0.2) is 14.7 Å². The topological polar surface area (TPSA) is 38.0 Å². The first-order valence-corrected chi connectivity index (χ1v) is 7.44. The number of benzene rings is 2. The summed E-state index contributed by atoms with van der Waals surface area (Å²) in [5.74, 6) is 1.04. The Morgan fingerprint density at radius 1 is 1.14 bits per heavy atom. The molecule has 0 spiro atoms. The maximum absolute atomic E-state index is 10.5. The van der Waals surface area contributed by atoms with Crippen molar-refractivity contribution in [3.63, 3.8) is 0 Å². The van der Waals surface area contributed by atoms with Crippen LogP contribution in [0, 0.1) is 0 Å². The van der Waals surface area contributed by atoms with Gasteiger partial charge in [0.25, 0.3) is 0 Å². The molecule has 0 aliphatic heterocycles. The predicted molar refractivity (Wildman–Crippen MR) is 85.1 cm³/mol. The predicted octanol–water partition coefficient (Wildman–Crippen LogP) is 3.72. The molecule has 1 heterocycles. The van der Waals surface area contributed by atoms with Gasteiger partial charge in [-0.1, -0.05) is 43.3 Å². The molecule has 0 saturated heterocycles. The van der Waals surface area contributed by atoms with Crippen molar-refractivity contribution in [2.45, 2.75) is 32.4 Å². The van der Waals surface area contributed by atoms with E-state index in [0.29, 0.717) is 6.54 Å². The van der Waals surface area contributed by atoms with E-state index in [4.69, 9.17) is 0 Å². The Bertz CT molecular complexity index is 733. The van der Waals surface area contributed by atoms with Crippen molar-refractivity contribution < 1.29 is 5.11 Å². The summed E-state index contributed by atoms with van der Waals surface area (Å²) in [7, 11) is 0. The first kappa shape index (κ1) is 13.8. The monoisotopic (exact) mass is 280 g/mol. The summed E-state index contributed by atoms with van der Waals surface area (Å²) < 4.78 is 2.04. The minimum atomic E-state index is -0.514. The second-order valence-electron chi connectivity index (χ2n) is 5.37. The van der Waals surface area contributed by atoms with Gasteiger partial charge in [-0.2, -0.15) is 0 Å². The van der Waals surface area contributed by atoms with Gasteiger partial charge >= 0.3 is 0 Å². The molecular weight excluding hydrogens is 260 g/mol. The third-order valence-electron chi connectivity index (χ3n) is 3.80. The standard InChI is InChI=1S/C18H20N2O/c1-2-5-18-19-10-11-20(18)13-17(21)16-9-8-14-6-3-4-7-15(14)12-16/h3-4,6-12,17,21H,2,5,13H2,1H3. The first-order chi connectivity index (χ1) is 10.3. The highest BCUT2D eigenvalue weighted by atomic mass is 16.3. The molecule has 0 radical (unpaired) electrons. The number of aliphatic hydroxyl groups excluding tert-OH is 1. The molecule has 1 N–H and O–H groups in total. The molecule has 3 aromatic rings. The molecule has 1 atom stereocenters. The highest BCUT2D eigenvalue weighted by molar-refractivity contribution is 5.83. The van der Waals surface area contributed by atoms with E-state index in [9.17, 15) is 5.11 Å². The SMILES string of the molecule is CCCc1nccn1CC(O)c1ccc2ccccc2c1. The van der Waals surface area contributed by atoms with Gasteiger partial charge in [0.1, 0.15) is 5.82 Å². The van der Waals surface area contributed by atoms with Crippen molar-refractivity contribution >= 4 is 10.8 Å². The van der Waals surface area contributed by atoms with E-state index in [1.807, 2.05) is 29.0 Å². The van der Waals surface area contributed by atoms with Gasteiger partial charge in [0.05, 0.1) is 12.6 Å². The maximum atomic E-state index is 10.5. The Morgan fingerprint density at radius 2 is 1.95 bits per heavy atom. The van der Waals surface area contributed by atoms with Gasteiger partial charge in [0.2, 0.25) is 0 Å².